The fraction of sp³-hybridized carbons (Fsp3) is 0.100. The summed E-state index contributed by atoms with van der Waals surface area (Å²) in [7, 11) is 1.36. The molecule has 0 aliphatic carbocycles. The van der Waals surface area contributed by atoms with Crippen molar-refractivity contribution >= 4 is 29.1 Å². The molecule has 1 aromatic heterocycles. The number of ether oxygens (including phenoxy) is 1. The maximum atomic E-state index is 12.0. The van der Waals surface area contributed by atoms with E-state index in [1.807, 2.05) is 0 Å². The zero-order chi connectivity index (χ0) is 14.7. The number of aromatic amines is 1. The van der Waals surface area contributed by atoms with Crippen LogP contribution in [0.2, 0.25) is 5.02 Å². The predicted octanol–water partition coefficient (Wildman–Crippen LogP) is 1.63. The van der Waals surface area contributed by atoms with Crippen molar-refractivity contribution in [2.24, 2.45) is 0 Å². The lowest BCUT2D eigenvalue weighted by Gasteiger charge is -2.03. The van der Waals surface area contributed by atoms with Crippen molar-refractivity contribution in [3.05, 3.63) is 38.9 Å². The number of methoxy groups -OCH3 is 1. The number of para-hydroxylation sites is 1. The third-order valence-electron chi connectivity index (χ3n) is 2.29. The molecule has 0 bridgehead atoms. The van der Waals surface area contributed by atoms with Crippen LogP contribution in [-0.2, 0) is 0 Å². The van der Waals surface area contributed by atoms with Crippen molar-refractivity contribution < 1.29 is 14.5 Å². The van der Waals surface area contributed by atoms with Gasteiger partial charge in [-0.15, -0.1) is 5.10 Å². The van der Waals surface area contributed by atoms with Crippen LogP contribution >= 0.6 is 11.6 Å². The van der Waals surface area contributed by atoms with Gasteiger partial charge in [-0.1, -0.05) is 17.7 Å². The second-order valence-corrected chi connectivity index (χ2v) is 3.93. The van der Waals surface area contributed by atoms with E-state index in [1.165, 1.54) is 25.3 Å². The Labute approximate surface area is 117 Å². The Morgan fingerprint density at radius 2 is 2.30 bits per heavy atom. The molecule has 0 fully saturated rings. The average molecular weight is 298 g/mol. The van der Waals surface area contributed by atoms with Crippen LogP contribution in [0.25, 0.3) is 0 Å². The van der Waals surface area contributed by atoms with E-state index in [9.17, 15) is 14.9 Å². The monoisotopic (exact) mass is 297 g/mol. The van der Waals surface area contributed by atoms with Gasteiger partial charge in [-0.25, -0.2) is 5.10 Å². The molecule has 1 heterocycles. The highest BCUT2D eigenvalue weighted by Crippen LogP contribution is 2.28. The molecule has 10 heteroatoms. The van der Waals surface area contributed by atoms with Crippen LogP contribution in [0, 0.1) is 10.1 Å². The number of carbonyl (C=O) groups is 1. The minimum Gasteiger partial charge on any atom is -0.466 e. The summed E-state index contributed by atoms with van der Waals surface area (Å²) in [5, 5.41) is 19.2. The van der Waals surface area contributed by atoms with E-state index < -0.39 is 16.5 Å². The number of amides is 1. The molecule has 0 saturated carbocycles. The third-order valence-corrected chi connectivity index (χ3v) is 2.60. The second-order valence-electron chi connectivity index (χ2n) is 3.52. The molecule has 2 aromatic rings. The van der Waals surface area contributed by atoms with Crippen LogP contribution in [-0.4, -0.2) is 33.1 Å². The minimum absolute atomic E-state index is 0.00104. The molecule has 9 nitrogen and oxygen atoms in total. The van der Waals surface area contributed by atoms with Gasteiger partial charge >= 0.3 is 11.7 Å². The predicted molar refractivity (Wildman–Crippen MR) is 69.0 cm³/mol. The number of nitro groups is 1. The van der Waals surface area contributed by atoms with Crippen LogP contribution in [0.4, 0.5) is 11.6 Å². The first-order valence-electron chi connectivity index (χ1n) is 5.23. The highest BCUT2D eigenvalue weighted by Gasteiger charge is 2.24. The molecule has 0 aliphatic rings. The third kappa shape index (κ3) is 2.67. The number of hydrogen-bond acceptors (Lipinski definition) is 6. The maximum Gasteiger partial charge on any atom is 0.336 e. The van der Waals surface area contributed by atoms with Gasteiger partial charge in [0.25, 0.3) is 5.91 Å². The van der Waals surface area contributed by atoms with Crippen LogP contribution in [0.5, 0.6) is 6.01 Å². The van der Waals surface area contributed by atoms with Crippen molar-refractivity contribution in [1.82, 2.24) is 15.2 Å². The number of nitrogens with zero attached hydrogens (tertiary/aromatic N) is 3. The Bertz CT molecular complexity index is 671. The number of hydrogen-bond donors (Lipinski definition) is 2. The summed E-state index contributed by atoms with van der Waals surface area (Å²) in [6.07, 6.45) is 0. The molecule has 1 aromatic carbocycles. The molecule has 104 valence electrons. The first-order valence-corrected chi connectivity index (χ1v) is 5.61. The number of carbonyl (C=O) groups excluding carboxylic acids is 1. The summed E-state index contributed by atoms with van der Waals surface area (Å²) < 4.78 is 4.73. The standard InChI is InChI=1S/C10H8ClN5O4/c1-20-10-13-9(14-15-10)12-8(17)5-3-2-4-6(11)7(5)16(18)19/h2-4H,1H3,(H2,12,13,14,15,17). The van der Waals surface area contributed by atoms with Crippen LogP contribution in [0.1, 0.15) is 10.4 Å². The summed E-state index contributed by atoms with van der Waals surface area (Å²) in [6.45, 7) is 0. The van der Waals surface area contributed by atoms with E-state index in [2.05, 4.69) is 20.5 Å². The zero-order valence-electron chi connectivity index (χ0n) is 10.1. The molecule has 1 amide bonds. The largest absolute Gasteiger partial charge is 0.466 e. The number of benzene rings is 1. The minimum atomic E-state index is -0.738. The first kappa shape index (κ1) is 13.7. The Kier molecular flexibility index (Phi) is 3.80. The zero-order valence-corrected chi connectivity index (χ0v) is 10.8. The molecule has 20 heavy (non-hydrogen) atoms. The van der Waals surface area contributed by atoms with Gasteiger partial charge < -0.3 is 4.74 Å². The van der Waals surface area contributed by atoms with Crippen LogP contribution < -0.4 is 10.1 Å². The SMILES string of the molecule is COc1n[nH]c(NC(=O)c2cccc(Cl)c2[N+](=O)[O-])n1. The van der Waals surface area contributed by atoms with E-state index in [1.54, 1.807) is 0 Å². The summed E-state index contributed by atoms with van der Waals surface area (Å²) in [5.41, 5.74) is -0.656. The van der Waals surface area contributed by atoms with Gasteiger partial charge in [0.1, 0.15) is 10.6 Å². The summed E-state index contributed by atoms with van der Waals surface area (Å²) in [4.78, 5) is 26.0. The molecular weight excluding hydrogens is 290 g/mol. The molecule has 0 unspecified atom stereocenters. The van der Waals surface area contributed by atoms with Crippen molar-refractivity contribution in [3.8, 4) is 6.01 Å². The molecular formula is C10H8ClN5O4. The fourth-order valence-electron chi connectivity index (χ4n) is 1.45. The lowest BCUT2D eigenvalue weighted by Crippen LogP contribution is -2.15. The van der Waals surface area contributed by atoms with Gasteiger partial charge in [-0.05, 0) is 12.1 Å². The van der Waals surface area contributed by atoms with E-state index in [0.717, 1.165) is 0 Å². The summed E-state index contributed by atoms with van der Waals surface area (Å²) in [5.74, 6) is -0.737. The first-order chi connectivity index (χ1) is 9.52. The molecule has 0 saturated heterocycles. The van der Waals surface area contributed by atoms with E-state index >= 15 is 0 Å². The van der Waals surface area contributed by atoms with Crippen molar-refractivity contribution in [2.75, 3.05) is 12.4 Å². The van der Waals surface area contributed by atoms with Gasteiger partial charge in [0, 0.05) is 0 Å². The van der Waals surface area contributed by atoms with Gasteiger partial charge in [-0.2, -0.15) is 4.98 Å². The Balaban J connectivity index is 2.29. The van der Waals surface area contributed by atoms with E-state index in [-0.39, 0.29) is 22.5 Å². The quantitative estimate of drug-likeness (QED) is 0.653. The smallest absolute Gasteiger partial charge is 0.336 e. The van der Waals surface area contributed by atoms with Crippen molar-refractivity contribution in [2.45, 2.75) is 0 Å². The van der Waals surface area contributed by atoms with E-state index in [4.69, 9.17) is 16.3 Å². The van der Waals surface area contributed by atoms with Gasteiger partial charge in [0.05, 0.1) is 12.0 Å². The van der Waals surface area contributed by atoms with Crippen LogP contribution in [0.3, 0.4) is 0 Å². The number of nitro benzene ring substituents is 1. The summed E-state index contributed by atoms with van der Waals surface area (Å²) in [6, 6.07) is 4.08. The average Bonchev–Trinajstić information content (AvgIpc) is 2.85. The van der Waals surface area contributed by atoms with Crippen molar-refractivity contribution in [3.63, 3.8) is 0 Å². The van der Waals surface area contributed by atoms with Gasteiger partial charge in [0.2, 0.25) is 5.95 Å². The van der Waals surface area contributed by atoms with E-state index in [0.29, 0.717) is 0 Å². The molecule has 0 spiro atoms. The molecule has 0 aliphatic heterocycles. The second kappa shape index (κ2) is 5.53. The molecule has 2 N–H and O–H groups in total. The lowest BCUT2D eigenvalue weighted by atomic mass is 10.1. The topological polar surface area (TPSA) is 123 Å². The van der Waals surface area contributed by atoms with Gasteiger partial charge in [-0.3, -0.25) is 20.2 Å². The Morgan fingerprint density at radius 3 is 2.90 bits per heavy atom. The maximum absolute atomic E-state index is 12.0. The number of rotatable bonds is 4. The molecule has 0 atom stereocenters. The number of H-pyrrole nitrogens is 1. The number of nitrogens with one attached hydrogen (secondary N) is 2. The normalized spacial score (nSPS) is 10.1. The molecule has 0 radical (unpaired) electrons. The number of aromatic nitrogens is 3. The fourth-order valence-corrected chi connectivity index (χ4v) is 1.70. The highest BCUT2D eigenvalue weighted by atomic mass is 35.5. The Morgan fingerprint density at radius 1 is 1.55 bits per heavy atom. The lowest BCUT2D eigenvalue weighted by molar-refractivity contribution is -0.385. The van der Waals surface area contributed by atoms with Crippen LogP contribution in [0.15, 0.2) is 18.2 Å². The number of anilines is 1. The van der Waals surface area contributed by atoms with Gasteiger partial charge in [0.15, 0.2) is 0 Å². The molecule has 2 rings (SSSR count). The van der Waals surface area contributed by atoms with Crippen molar-refractivity contribution in [1.29, 1.82) is 0 Å². The Hall–Kier alpha value is -2.68. The highest BCUT2D eigenvalue weighted by molar-refractivity contribution is 6.33. The summed E-state index contributed by atoms with van der Waals surface area (Å²) >= 11 is 5.72. The number of halogens is 1.